The number of benzene rings is 2. The van der Waals surface area contributed by atoms with Gasteiger partial charge in [0.2, 0.25) is 5.88 Å². The molecule has 3 rings (SSSR count). The molecule has 26 heavy (non-hydrogen) atoms. The molecule has 0 spiro atoms. The minimum Gasteiger partial charge on any atom is -0.505 e. The molecule has 5 heteroatoms. The quantitative estimate of drug-likeness (QED) is 0.654. The molecule has 1 aromatic heterocycles. The molecule has 0 aliphatic carbocycles. The highest BCUT2D eigenvalue weighted by molar-refractivity contribution is 6.08. The largest absolute Gasteiger partial charge is 0.505 e. The maximum absolute atomic E-state index is 12.4. The Balaban J connectivity index is 1.92. The highest BCUT2D eigenvalue weighted by atomic mass is 16.3. The van der Waals surface area contributed by atoms with Gasteiger partial charge in [0.05, 0.1) is 6.20 Å². The van der Waals surface area contributed by atoms with Crippen LogP contribution in [0.5, 0.6) is 11.6 Å². The van der Waals surface area contributed by atoms with Gasteiger partial charge in [-0.1, -0.05) is 51.1 Å². The number of anilines is 1. The predicted molar refractivity (Wildman–Crippen MR) is 102 cm³/mol. The van der Waals surface area contributed by atoms with Crippen LogP contribution in [0, 0.1) is 0 Å². The lowest BCUT2D eigenvalue weighted by Gasteiger charge is -2.19. The van der Waals surface area contributed by atoms with Crippen molar-refractivity contribution in [3.63, 3.8) is 0 Å². The molecule has 1 amide bonds. The van der Waals surface area contributed by atoms with Gasteiger partial charge in [0.25, 0.3) is 5.91 Å². The van der Waals surface area contributed by atoms with Gasteiger partial charge in [0.1, 0.15) is 11.3 Å². The number of aromatic nitrogens is 1. The Bertz CT molecular complexity index is 920. The smallest absolute Gasteiger partial charge is 0.264 e. The van der Waals surface area contributed by atoms with Gasteiger partial charge < -0.3 is 15.5 Å². The molecule has 134 valence electrons. The highest BCUT2D eigenvalue weighted by Crippen LogP contribution is 2.33. The first-order valence-electron chi connectivity index (χ1n) is 8.38. The van der Waals surface area contributed by atoms with Crippen LogP contribution in [0.15, 0.2) is 60.8 Å². The molecule has 0 aliphatic rings. The van der Waals surface area contributed by atoms with Gasteiger partial charge in [0, 0.05) is 11.4 Å². The third-order valence-corrected chi connectivity index (χ3v) is 4.23. The minimum atomic E-state index is -0.573. The molecule has 1 heterocycles. The fourth-order valence-corrected chi connectivity index (χ4v) is 2.73. The Morgan fingerprint density at radius 3 is 2.15 bits per heavy atom. The monoisotopic (exact) mass is 350 g/mol. The maximum Gasteiger partial charge on any atom is 0.264 e. The number of carbonyl (C=O) groups excluding carboxylic acids is 1. The number of nitrogens with one attached hydrogen (secondary N) is 1. The summed E-state index contributed by atoms with van der Waals surface area (Å²) in [5, 5.41) is 23.3. The van der Waals surface area contributed by atoms with Gasteiger partial charge in [-0.25, -0.2) is 0 Å². The normalized spacial score (nSPS) is 11.3. The minimum absolute atomic E-state index is 0.0140. The molecule has 0 saturated heterocycles. The second-order valence-corrected chi connectivity index (χ2v) is 7.20. The SMILES string of the molecule is CC(C)(C)c1ccc(-n2cc(O)c(C(=O)Nc3ccccc3)c2O)cc1. The Labute approximate surface area is 152 Å². The van der Waals surface area contributed by atoms with Gasteiger partial charge in [-0.05, 0) is 35.2 Å². The summed E-state index contributed by atoms with van der Waals surface area (Å²) >= 11 is 0. The van der Waals surface area contributed by atoms with Crippen molar-refractivity contribution in [2.75, 3.05) is 5.32 Å². The molecule has 3 N–H and O–H groups in total. The lowest BCUT2D eigenvalue weighted by Crippen LogP contribution is -2.12. The molecule has 0 unspecified atom stereocenters. The number of rotatable bonds is 3. The van der Waals surface area contributed by atoms with Crippen LogP contribution in [0.25, 0.3) is 5.69 Å². The van der Waals surface area contributed by atoms with E-state index in [1.165, 1.54) is 10.8 Å². The topological polar surface area (TPSA) is 74.5 Å². The van der Waals surface area contributed by atoms with Gasteiger partial charge in [-0.2, -0.15) is 0 Å². The van der Waals surface area contributed by atoms with E-state index in [0.29, 0.717) is 11.4 Å². The van der Waals surface area contributed by atoms with Crippen LogP contribution in [-0.4, -0.2) is 20.7 Å². The Hall–Kier alpha value is -3.21. The van der Waals surface area contributed by atoms with Crippen molar-refractivity contribution in [2.24, 2.45) is 0 Å². The molecular formula is C21H22N2O3. The van der Waals surface area contributed by atoms with Crippen LogP contribution in [0.2, 0.25) is 0 Å². The fourth-order valence-electron chi connectivity index (χ4n) is 2.73. The van der Waals surface area contributed by atoms with E-state index in [9.17, 15) is 15.0 Å². The Morgan fingerprint density at radius 1 is 0.962 bits per heavy atom. The number of nitrogens with zero attached hydrogens (tertiary/aromatic N) is 1. The zero-order chi connectivity index (χ0) is 18.9. The molecule has 0 fully saturated rings. The van der Waals surface area contributed by atoms with E-state index in [0.717, 1.165) is 5.56 Å². The van der Waals surface area contributed by atoms with E-state index in [1.54, 1.807) is 24.3 Å². The summed E-state index contributed by atoms with van der Waals surface area (Å²) in [4.78, 5) is 12.4. The number of carbonyl (C=O) groups is 1. The number of hydrogen-bond acceptors (Lipinski definition) is 3. The number of amides is 1. The first-order valence-corrected chi connectivity index (χ1v) is 8.38. The molecular weight excluding hydrogens is 328 g/mol. The summed E-state index contributed by atoms with van der Waals surface area (Å²) < 4.78 is 1.39. The summed E-state index contributed by atoms with van der Waals surface area (Å²) in [6, 6.07) is 16.5. The summed E-state index contributed by atoms with van der Waals surface area (Å²) in [5.74, 6) is -1.16. The van der Waals surface area contributed by atoms with Gasteiger partial charge in [0.15, 0.2) is 0 Å². The molecule has 0 radical (unpaired) electrons. The van der Waals surface area contributed by atoms with Gasteiger partial charge in [-0.3, -0.25) is 9.36 Å². The lowest BCUT2D eigenvalue weighted by atomic mass is 9.87. The lowest BCUT2D eigenvalue weighted by molar-refractivity contribution is 0.102. The number of para-hydroxylation sites is 1. The number of aromatic hydroxyl groups is 2. The summed E-state index contributed by atoms with van der Waals surface area (Å²) in [5.41, 5.74) is 2.25. The van der Waals surface area contributed by atoms with Gasteiger partial charge in [-0.15, -0.1) is 0 Å². The standard InChI is InChI=1S/C21H22N2O3/c1-21(2,3)14-9-11-16(12-10-14)23-13-17(24)18(20(23)26)19(25)22-15-7-5-4-6-8-15/h4-13,24,26H,1-3H3,(H,22,25). The van der Waals surface area contributed by atoms with E-state index in [2.05, 4.69) is 26.1 Å². The van der Waals surface area contributed by atoms with E-state index in [4.69, 9.17) is 0 Å². The summed E-state index contributed by atoms with van der Waals surface area (Å²) in [6.45, 7) is 6.35. The van der Waals surface area contributed by atoms with Crippen molar-refractivity contribution in [3.8, 4) is 17.3 Å². The fraction of sp³-hybridized carbons (Fsp3) is 0.190. The van der Waals surface area contributed by atoms with Crippen LogP contribution < -0.4 is 5.32 Å². The van der Waals surface area contributed by atoms with Crippen LogP contribution in [0.4, 0.5) is 5.69 Å². The molecule has 0 atom stereocenters. The first-order chi connectivity index (χ1) is 12.3. The van der Waals surface area contributed by atoms with E-state index in [1.807, 2.05) is 30.3 Å². The third-order valence-electron chi connectivity index (χ3n) is 4.23. The first kappa shape index (κ1) is 17.6. The van der Waals surface area contributed by atoms with E-state index < -0.39 is 5.91 Å². The van der Waals surface area contributed by atoms with Crippen molar-refractivity contribution in [3.05, 3.63) is 71.9 Å². The van der Waals surface area contributed by atoms with E-state index >= 15 is 0 Å². The van der Waals surface area contributed by atoms with Crippen molar-refractivity contribution >= 4 is 11.6 Å². The van der Waals surface area contributed by atoms with Crippen LogP contribution in [0.3, 0.4) is 0 Å². The number of hydrogen-bond donors (Lipinski definition) is 3. The zero-order valence-corrected chi connectivity index (χ0v) is 15.0. The molecule has 0 aliphatic heterocycles. The summed E-state index contributed by atoms with van der Waals surface area (Å²) in [7, 11) is 0. The van der Waals surface area contributed by atoms with Crippen molar-refractivity contribution in [1.29, 1.82) is 0 Å². The molecule has 5 nitrogen and oxygen atoms in total. The van der Waals surface area contributed by atoms with Crippen molar-refractivity contribution in [2.45, 2.75) is 26.2 Å². The predicted octanol–water partition coefficient (Wildman–Crippen LogP) is 4.44. The van der Waals surface area contributed by atoms with E-state index in [-0.39, 0.29) is 22.6 Å². The van der Waals surface area contributed by atoms with Crippen LogP contribution in [0.1, 0.15) is 36.7 Å². The Kier molecular flexibility index (Phi) is 4.47. The Morgan fingerprint density at radius 2 is 1.58 bits per heavy atom. The van der Waals surface area contributed by atoms with Crippen LogP contribution in [-0.2, 0) is 5.41 Å². The molecule has 0 bridgehead atoms. The second-order valence-electron chi connectivity index (χ2n) is 7.20. The highest BCUT2D eigenvalue weighted by Gasteiger charge is 2.23. The third kappa shape index (κ3) is 3.42. The molecule has 0 saturated carbocycles. The summed E-state index contributed by atoms with van der Waals surface area (Å²) in [6.07, 6.45) is 1.33. The van der Waals surface area contributed by atoms with Gasteiger partial charge >= 0.3 is 0 Å². The molecule has 3 aromatic rings. The van der Waals surface area contributed by atoms with Crippen molar-refractivity contribution < 1.29 is 15.0 Å². The average Bonchev–Trinajstić information content (AvgIpc) is 2.89. The second kappa shape index (κ2) is 6.59. The zero-order valence-electron chi connectivity index (χ0n) is 15.0. The average molecular weight is 350 g/mol. The van der Waals surface area contributed by atoms with Crippen molar-refractivity contribution in [1.82, 2.24) is 4.57 Å². The van der Waals surface area contributed by atoms with Crippen LogP contribution >= 0.6 is 0 Å². The molecule has 2 aromatic carbocycles. The maximum atomic E-state index is 12.4.